The second-order valence-electron chi connectivity index (χ2n) is 4.98. The summed E-state index contributed by atoms with van der Waals surface area (Å²) < 4.78 is 13.4. The first-order valence-electron chi connectivity index (χ1n) is 6.88. The van der Waals surface area contributed by atoms with Gasteiger partial charge in [0.1, 0.15) is 5.82 Å². The number of rotatable bonds is 6. The van der Waals surface area contributed by atoms with E-state index in [-0.39, 0.29) is 5.82 Å². The van der Waals surface area contributed by atoms with Gasteiger partial charge in [-0.15, -0.1) is 11.8 Å². The molecule has 0 heterocycles. The van der Waals surface area contributed by atoms with Crippen LogP contribution >= 0.6 is 11.8 Å². The maximum Gasteiger partial charge on any atom is 0.146 e. The summed E-state index contributed by atoms with van der Waals surface area (Å²) in [6.07, 6.45) is 0. The maximum atomic E-state index is 13.4. The standard InChI is InChI=1S/C17H20FNS/c1-13(2)14-7-9-15(10-8-14)20-12-11-19-17-6-4-3-5-16(17)18/h3-10,13,19H,11-12H2,1-2H3. The van der Waals surface area contributed by atoms with Gasteiger partial charge in [0, 0.05) is 17.2 Å². The van der Waals surface area contributed by atoms with E-state index in [1.165, 1.54) is 16.5 Å². The molecule has 0 amide bonds. The zero-order valence-corrected chi connectivity index (χ0v) is 12.7. The second-order valence-corrected chi connectivity index (χ2v) is 6.15. The van der Waals surface area contributed by atoms with E-state index >= 15 is 0 Å². The molecular weight excluding hydrogens is 269 g/mol. The lowest BCUT2D eigenvalue weighted by atomic mass is 10.0. The molecule has 0 radical (unpaired) electrons. The van der Waals surface area contributed by atoms with Gasteiger partial charge in [-0.1, -0.05) is 38.1 Å². The fourth-order valence-corrected chi connectivity index (χ4v) is 2.68. The highest BCUT2D eigenvalue weighted by Crippen LogP contribution is 2.22. The summed E-state index contributed by atoms with van der Waals surface area (Å²) in [5, 5.41) is 3.12. The quantitative estimate of drug-likeness (QED) is 0.583. The number of hydrogen-bond acceptors (Lipinski definition) is 2. The van der Waals surface area contributed by atoms with Gasteiger partial charge < -0.3 is 5.32 Å². The minimum Gasteiger partial charge on any atom is -0.382 e. The van der Waals surface area contributed by atoms with Gasteiger partial charge in [0.2, 0.25) is 0 Å². The molecule has 0 saturated heterocycles. The van der Waals surface area contributed by atoms with Crippen LogP contribution in [0.3, 0.4) is 0 Å². The van der Waals surface area contributed by atoms with E-state index in [0.29, 0.717) is 11.6 Å². The fraction of sp³-hybridized carbons (Fsp3) is 0.294. The zero-order chi connectivity index (χ0) is 14.4. The molecule has 0 aromatic heterocycles. The molecule has 1 nitrogen and oxygen atoms in total. The number of thioether (sulfide) groups is 1. The van der Waals surface area contributed by atoms with Gasteiger partial charge in [-0.05, 0) is 35.7 Å². The summed E-state index contributed by atoms with van der Waals surface area (Å²) >= 11 is 1.78. The second kappa shape index (κ2) is 7.34. The largest absolute Gasteiger partial charge is 0.382 e. The van der Waals surface area contributed by atoms with Crippen molar-refractivity contribution in [2.24, 2.45) is 0 Å². The first-order chi connectivity index (χ1) is 9.66. The highest BCUT2D eigenvalue weighted by molar-refractivity contribution is 7.99. The molecule has 0 unspecified atom stereocenters. The summed E-state index contributed by atoms with van der Waals surface area (Å²) in [6, 6.07) is 15.4. The molecule has 2 rings (SSSR count). The van der Waals surface area contributed by atoms with Crippen molar-refractivity contribution in [3.05, 3.63) is 59.9 Å². The van der Waals surface area contributed by atoms with E-state index in [1.54, 1.807) is 23.9 Å². The Bertz CT molecular complexity index is 537. The van der Waals surface area contributed by atoms with E-state index in [9.17, 15) is 4.39 Å². The average Bonchev–Trinajstić information content (AvgIpc) is 2.46. The zero-order valence-electron chi connectivity index (χ0n) is 11.9. The van der Waals surface area contributed by atoms with Crippen molar-refractivity contribution in [3.63, 3.8) is 0 Å². The van der Waals surface area contributed by atoms with E-state index < -0.39 is 0 Å². The van der Waals surface area contributed by atoms with Gasteiger partial charge in [-0.3, -0.25) is 0 Å². The molecule has 0 aliphatic rings. The van der Waals surface area contributed by atoms with Crippen LogP contribution in [0, 0.1) is 5.82 Å². The van der Waals surface area contributed by atoms with Crippen LogP contribution in [0.25, 0.3) is 0 Å². The third-order valence-electron chi connectivity index (χ3n) is 3.11. The molecule has 0 spiro atoms. The highest BCUT2D eigenvalue weighted by atomic mass is 32.2. The molecule has 2 aromatic rings. The number of hydrogen-bond donors (Lipinski definition) is 1. The van der Waals surface area contributed by atoms with Crippen LogP contribution in [0.5, 0.6) is 0 Å². The fourth-order valence-electron chi connectivity index (χ4n) is 1.91. The maximum absolute atomic E-state index is 13.4. The first kappa shape index (κ1) is 14.9. The van der Waals surface area contributed by atoms with Crippen LogP contribution in [0.2, 0.25) is 0 Å². The number of benzene rings is 2. The molecule has 0 atom stereocenters. The van der Waals surface area contributed by atoms with Crippen molar-refractivity contribution >= 4 is 17.4 Å². The molecule has 0 fully saturated rings. The molecule has 0 saturated carbocycles. The summed E-state index contributed by atoms with van der Waals surface area (Å²) in [7, 11) is 0. The lowest BCUT2D eigenvalue weighted by Gasteiger charge is -2.08. The Balaban J connectivity index is 1.77. The van der Waals surface area contributed by atoms with Crippen LogP contribution in [-0.2, 0) is 0 Å². The SMILES string of the molecule is CC(C)c1ccc(SCCNc2ccccc2F)cc1. The molecule has 3 heteroatoms. The van der Waals surface area contributed by atoms with Crippen LogP contribution in [-0.4, -0.2) is 12.3 Å². The van der Waals surface area contributed by atoms with Crippen LogP contribution in [0.1, 0.15) is 25.3 Å². The predicted octanol–water partition coefficient (Wildman–Crippen LogP) is 5.15. The molecule has 20 heavy (non-hydrogen) atoms. The molecule has 2 aromatic carbocycles. The van der Waals surface area contributed by atoms with Crippen molar-refractivity contribution in [2.75, 3.05) is 17.6 Å². The van der Waals surface area contributed by atoms with Gasteiger partial charge in [-0.25, -0.2) is 4.39 Å². The Morgan fingerprint density at radius 3 is 2.40 bits per heavy atom. The van der Waals surface area contributed by atoms with E-state index in [4.69, 9.17) is 0 Å². The topological polar surface area (TPSA) is 12.0 Å². The van der Waals surface area contributed by atoms with Crippen LogP contribution < -0.4 is 5.32 Å². The van der Waals surface area contributed by atoms with Crippen molar-refractivity contribution in [1.82, 2.24) is 0 Å². The third kappa shape index (κ3) is 4.27. The summed E-state index contributed by atoms with van der Waals surface area (Å²) in [5.41, 5.74) is 1.93. The summed E-state index contributed by atoms with van der Waals surface area (Å²) in [6.45, 7) is 5.14. The van der Waals surface area contributed by atoms with E-state index in [2.05, 4.69) is 43.4 Å². The van der Waals surface area contributed by atoms with E-state index in [0.717, 1.165) is 12.3 Å². The number of nitrogens with one attached hydrogen (secondary N) is 1. The summed E-state index contributed by atoms with van der Waals surface area (Å²) in [5.74, 6) is 1.28. The third-order valence-corrected chi connectivity index (χ3v) is 4.12. The van der Waals surface area contributed by atoms with Gasteiger partial charge in [0.15, 0.2) is 0 Å². The lowest BCUT2D eigenvalue weighted by molar-refractivity contribution is 0.630. The molecule has 0 aliphatic carbocycles. The molecule has 0 aliphatic heterocycles. The van der Waals surface area contributed by atoms with Crippen molar-refractivity contribution in [1.29, 1.82) is 0 Å². The number of para-hydroxylation sites is 1. The van der Waals surface area contributed by atoms with Crippen molar-refractivity contribution < 1.29 is 4.39 Å². The number of halogens is 1. The molecule has 106 valence electrons. The lowest BCUT2D eigenvalue weighted by Crippen LogP contribution is -2.05. The minimum atomic E-state index is -0.196. The molecule has 1 N–H and O–H groups in total. The highest BCUT2D eigenvalue weighted by Gasteiger charge is 2.01. The molecule has 0 bridgehead atoms. The normalized spacial score (nSPS) is 10.8. The monoisotopic (exact) mass is 289 g/mol. The van der Waals surface area contributed by atoms with Crippen LogP contribution in [0.15, 0.2) is 53.4 Å². The smallest absolute Gasteiger partial charge is 0.146 e. The Hall–Kier alpha value is -1.48. The van der Waals surface area contributed by atoms with Gasteiger partial charge in [0.25, 0.3) is 0 Å². The number of anilines is 1. The Labute approximate surface area is 124 Å². The Morgan fingerprint density at radius 1 is 1.05 bits per heavy atom. The average molecular weight is 289 g/mol. The first-order valence-corrected chi connectivity index (χ1v) is 7.86. The van der Waals surface area contributed by atoms with Gasteiger partial charge in [-0.2, -0.15) is 0 Å². The van der Waals surface area contributed by atoms with Gasteiger partial charge in [0.05, 0.1) is 5.69 Å². The Morgan fingerprint density at radius 2 is 1.75 bits per heavy atom. The minimum absolute atomic E-state index is 0.196. The van der Waals surface area contributed by atoms with Crippen molar-refractivity contribution in [2.45, 2.75) is 24.7 Å². The molecular formula is C17H20FNS. The predicted molar refractivity (Wildman–Crippen MR) is 86.1 cm³/mol. The van der Waals surface area contributed by atoms with Crippen molar-refractivity contribution in [3.8, 4) is 0 Å². The van der Waals surface area contributed by atoms with Crippen LogP contribution in [0.4, 0.5) is 10.1 Å². The summed E-state index contributed by atoms with van der Waals surface area (Å²) in [4.78, 5) is 1.25. The Kier molecular flexibility index (Phi) is 5.48. The van der Waals surface area contributed by atoms with E-state index in [1.807, 2.05) is 6.07 Å². The van der Waals surface area contributed by atoms with Gasteiger partial charge >= 0.3 is 0 Å².